The van der Waals surface area contributed by atoms with Crippen LogP contribution in [0.5, 0.6) is 5.88 Å². The first-order valence-electron chi connectivity index (χ1n) is 11.3. The first-order valence-corrected chi connectivity index (χ1v) is 12.6. The summed E-state index contributed by atoms with van der Waals surface area (Å²) in [6.07, 6.45) is 0.125. The molecule has 9 heteroatoms. The molecule has 5 rings (SSSR count). The molecule has 4 aromatic rings. The summed E-state index contributed by atoms with van der Waals surface area (Å²) >= 11 is 7.74. The maximum atomic E-state index is 13.2. The Morgan fingerprint density at radius 2 is 2.03 bits per heavy atom. The molecular formula is C26H23ClN4O3S. The molecule has 1 unspecified atom stereocenters. The van der Waals surface area contributed by atoms with Gasteiger partial charge >= 0.3 is 6.17 Å². The third-order valence-electron chi connectivity index (χ3n) is 5.83. The number of furan rings is 1. The van der Waals surface area contributed by atoms with Crippen molar-refractivity contribution in [2.75, 3.05) is 10.7 Å². The Kier molecular flexibility index (Phi) is 6.25. The van der Waals surface area contributed by atoms with E-state index in [1.54, 1.807) is 21.7 Å². The molecule has 2 aromatic heterocycles. The SMILES string of the molecule is CCCSc1nc([O-])c2[n+](n1)C(c1ccc(-c3ccc(C)c(Cl)c3)o1)N(C(C)=O)c1ccccc1-2. The molecule has 35 heavy (non-hydrogen) atoms. The van der Waals surface area contributed by atoms with Crippen molar-refractivity contribution in [1.29, 1.82) is 0 Å². The number of nitrogens with zero attached hydrogens (tertiary/aromatic N) is 4. The van der Waals surface area contributed by atoms with Gasteiger partial charge in [0.1, 0.15) is 5.76 Å². The molecule has 1 amide bonds. The second-order valence-corrected chi connectivity index (χ2v) is 9.76. The Morgan fingerprint density at radius 3 is 2.77 bits per heavy atom. The number of anilines is 1. The molecule has 0 bridgehead atoms. The maximum absolute atomic E-state index is 13.2. The van der Waals surface area contributed by atoms with Crippen LogP contribution >= 0.6 is 23.4 Å². The molecule has 0 saturated carbocycles. The van der Waals surface area contributed by atoms with Gasteiger partial charge in [-0.3, -0.25) is 4.79 Å². The Bertz CT molecular complexity index is 1440. The molecule has 0 saturated heterocycles. The molecule has 1 aliphatic rings. The van der Waals surface area contributed by atoms with Crippen LogP contribution < -0.4 is 14.7 Å². The van der Waals surface area contributed by atoms with Crippen LogP contribution in [0.3, 0.4) is 0 Å². The lowest BCUT2D eigenvalue weighted by molar-refractivity contribution is -0.765. The molecular weight excluding hydrogens is 484 g/mol. The second kappa shape index (κ2) is 9.36. The first kappa shape index (κ1) is 23.4. The Morgan fingerprint density at radius 1 is 1.23 bits per heavy atom. The van der Waals surface area contributed by atoms with E-state index < -0.39 is 12.0 Å². The highest BCUT2D eigenvalue weighted by Gasteiger charge is 2.45. The average molecular weight is 507 g/mol. The van der Waals surface area contributed by atoms with Crippen molar-refractivity contribution in [3.8, 4) is 28.5 Å². The van der Waals surface area contributed by atoms with Crippen molar-refractivity contribution < 1.29 is 19.0 Å². The number of halogens is 1. The van der Waals surface area contributed by atoms with Crippen molar-refractivity contribution in [3.63, 3.8) is 0 Å². The maximum Gasteiger partial charge on any atom is 0.325 e. The number of aryl methyl sites for hydroxylation is 1. The molecule has 1 atom stereocenters. The summed E-state index contributed by atoms with van der Waals surface area (Å²) in [5.41, 5.74) is 3.31. The van der Waals surface area contributed by atoms with Crippen LogP contribution in [0.25, 0.3) is 22.6 Å². The standard InChI is InChI=1S/C26H23ClN4O3S/c1-4-13-35-26-28-24(33)23-18-7-5-6-8-20(18)30(16(3)32)25(31(23)29-26)22-12-11-21(34-22)17-10-9-15(2)19(27)14-17/h5-12,14,25H,4,13H2,1-3H3. The van der Waals surface area contributed by atoms with Crippen molar-refractivity contribution in [2.24, 2.45) is 0 Å². The van der Waals surface area contributed by atoms with E-state index in [1.807, 2.05) is 49.4 Å². The average Bonchev–Trinajstić information content (AvgIpc) is 3.33. The topological polar surface area (TPSA) is 86.2 Å². The molecule has 1 aliphatic heterocycles. The summed E-state index contributed by atoms with van der Waals surface area (Å²) in [7, 11) is 0. The van der Waals surface area contributed by atoms with E-state index in [4.69, 9.17) is 21.1 Å². The van der Waals surface area contributed by atoms with Crippen molar-refractivity contribution in [2.45, 2.75) is 38.5 Å². The van der Waals surface area contributed by atoms with Crippen LogP contribution in [-0.2, 0) is 4.79 Å². The molecule has 0 fully saturated rings. The quantitative estimate of drug-likeness (QED) is 0.275. The fourth-order valence-electron chi connectivity index (χ4n) is 4.18. The fourth-order valence-corrected chi connectivity index (χ4v) is 5.04. The number of hydrogen-bond donors (Lipinski definition) is 0. The summed E-state index contributed by atoms with van der Waals surface area (Å²) in [5, 5.41) is 18.9. The minimum atomic E-state index is -0.788. The van der Waals surface area contributed by atoms with E-state index in [2.05, 4.69) is 11.9 Å². The van der Waals surface area contributed by atoms with E-state index in [0.717, 1.165) is 23.3 Å². The third kappa shape index (κ3) is 4.17. The van der Waals surface area contributed by atoms with Crippen LogP contribution in [0.1, 0.15) is 37.8 Å². The number of fused-ring (bicyclic) bond motifs is 3. The lowest BCUT2D eigenvalue weighted by atomic mass is 10.0. The lowest BCUT2D eigenvalue weighted by Crippen LogP contribution is -2.58. The zero-order valence-electron chi connectivity index (χ0n) is 19.5. The van der Waals surface area contributed by atoms with E-state index in [1.165, 1.54) is 18.7 Å². The van der Waals surface area contributed by atoms with Crippen molar-refractivity contribution in [1.82, 2.24) is 10.1 Å². The van der Waals surface area contributed by atoms with Crippen LogP contribution in [0.2, 0.25) is 5.02 Å². The predicted octanol–water partition coefficient (Wildman–Crippen LogP) is 5.14. The van der Waals surface area contributed by atoms with Gasteiger partial charge in [0.2, 0.25) is 5.91 Å². The summed E-state index contributed by atoms with van der Waals surface area (Å²) in [4.78, 5) is 18.8. The predicted molar refractivity (Wildman–Crippen MR) is 133 cm³/mol. The minimum absolute atomic E-state index is 0.203. The third-order valence-corrected chi connectivity index (χ3v) is 7.28. The Labute approximate surface area is 212 Å². The number of aromatic nitrogens is 3. The number of carbonyl (C=O) groups excluding carboxylic acids is 1. The van der Waals surface area contributed by atoms with Crippen molar-refractivity contribution >= 4 is 35.0 Å². The summed E-state index contributed by atoms with van der Waals surface area (Å²) < 4.78 is 7.85. The number of thioether (sulfide) groups is 1. The van der Waals surface area contributed by atoms with Crippen LogP contribution in [0.4, 0.5) is 5.69 Å². The second-order valence-electron chi connectivity index (χ2n) is 8.29. The molecule has 0 spiro atoms. The van der Waals surface area contributed by atoms with Gasteiger partial charge in [0.15, 0.2) is 5.76 Å². The number of amides is 1. The van der Waals surface area contributed by atoms with Gasteiger partial charge in [0.05, 0.1) is 17.1 Å². The van der Waals surface area contributed by atoms with Crippen molar-refractivity contribution in [3.05, 3.63) is 70.9 Å². The van der Waals surface area contributed by atoms with E-state index in [0.29, 0.717) is 38.6 Å². The number of para-hydroxylation sites is 1. The Balaban J connectivity index is 1.70. The number of hydrogen-bond acceptors (Lipinski definition) is 6. The van der Waals surface area contributed by atoms with Gasteiger partial charge in [-0.2, -0.15) is 0 Å². The molecule has 3 heterocycles. The van der Waals surface area contributed by atoms with Gasteiger partial charge in [-0.1, -0.05) is 54.6 Å². The summed E-state index contributed by atoms with van der Waals surface area (Å²) in [5.74, 6) is 1.25. The molecule has 0 N–H and O–H groups in total. The summed E-state index contributed by atoms with van der Waals surface area (Å²) in [6.45, 7) is 5.48. The van der Waals surface area contributed by atoms with Crippen LogP contribution in [0.15, 0.2) is 64.2 Å². The number of carbonyl (C=O) groups is 1. The fraction of sp³-hybridized carbons (Fsp3) is 0.231. The first-order chi connectivity index (χ1) is 16.9. The Hall–Kier alpha value is -3.36. The monoisotopic (exact) mass is 506 g/mol. The van der Waals surface area contributed by atoms with E-state index >= 15 is 0 Å². The van der Waals surface area contributed by atoms with Gasteiger partial charge in [-0.15, -0.1) is 0 Å². The zero-order chi connectivity index (χ0) is 24.7. The van der Waals surface area contributed by atoms with E-state index in [-0.39, 0.29) is 5.91 Å². The smallest absolute Gasteiger partial charge is 0.325 e. The number of rotatable bonds is 5. The minimum Gasteiger partial charge on any atom is -0.854 e. The van der Waals surface area contributed by atoms with Gasteiger partial charge in [0, 0.05) is 28.4 Å². The summed E-state index contributed by atoms with van der Waals surface area (Å²) in [6, 6.07) is 16.6. The highest BCUT2D eigenvalue weighted by molar-refractivity contribution is 7.99. The van der Waals surface area contributed by atoms with Gasteiger partial charge < -0.3 is 9.52 Å². The van der Waals surface area contributed by atoms with E-state index in [9.17, 15) is 9.90 Å². The zero-order valence-corrected chi connectivity index (χ0v) is 21.1. The highest BCUT2D eigenvalue weighted by atomic mass is 35.5. The van der Waals surface area contributed by atoms with Crippen LogP contribution in [0, 0.1) is 6.92 Å². The molecule has 0 aliphatic carbocycles. The largest absolute Gasteiger partial charge is 0.854 e. The molecule has 178 valence electrons. The van der Waals surface area contributed by atoms with Crippen LogP contribution in [-0.4, -0.2) is 21.7 Å². The van der Waals surface area contributed by atoms with Gasteiger partial charge in [0.25, 0.3) is 10.9 Å². The molecule has 7 nitrogen and oxygen atoms in total. The van der Waals surface area contributed by atoms with Gasteiger partial charge in [-0.05, 0) is 53.9 Å². The van der Waals surface area contributed by atoms with Gasteiger partial charge in [-0.25, -0.2) is 9.88 Å². The highest BCUT2D eigenvalue weighted by Crippen LogP contribution is 2.41. The lowest BCUT2D eigenvalue weighted by Gasteiger charge is -2.31. The molecule has 0 radical (unpaired) electrons. The normalized spacial score (nSPS) is 14.5. The molecule has 2 aromatic carbocycles. The number of benzene rings is 2.